The van der Waals surface area contributed by atoms with E-state index < -0.39 is 0 Å². The quantitative estimate of drug-likeness (QED) is 0.807. The van der Waals surface area contributed by atoms with E-state index in [1.54, 1.807) is 0 Å². The van der Waals surface area contributed by atoms with Crippen LogP contribution in [0.2, 0.25) is 0 Å². The molecule has 1 aliphatic rings. The van der Waals surface area contributed by atoms with Crippen LogP contribution in [0.25, 0.3) is 0 Å². The number of nitrogens with zero attached hydrogens (tertiary/aromatic N) is 2. The summed E-state index contributed by atoms with van der Waals surface area (Å²) < 4.78 is 0.773. The second-order valence-corrected chi connectivity index (χ2v) is 5.76. The number of nitrogen functional groups attached to an aromatic ring is 1. The third-order valence-corrected chi connectivity index (χ3v) is 4.25. The molecule has 1 aromatic heterocycles. The fraction of sp³-hybridized carbons (Fsp3) is 0.625. The molecule has 15 heavy (non-hydrogen) atoms. The summed E-state index contributed by atoms with van der Waals surface area (Å²) in [5.41, 5.74) is 5.48. The number of aromatic nitrogens is 2. The van der Waals surface area contributed by atoms with E-state index in [9.17, 15) is 4.79 Å². The van der Waals surface area contributed by atoms with Crippen molar-refractivity contribution in [1.29, 1.82) is 0 Å². The van der Waals surface area contributed by atoms with Gasteiger partial charge < -0.3 is 11.1 Å². The molecule has 5 nitrogen and oxygen atoms in total. The van der Waals surface area contributed by atoms with Gasteiger partial charge in [0, 0.05) is 6.54 Å². The lowest BCUT2D eigenvalue weighted by Crippen LogP contribution is -2.30. The Morgan fingerprint density at radius 3 is 3.07 bits per heavy atom. The molecule has 1 aliphatic heterocycles. The van der Waals surface area contributed by atoms with Gasteiger partial charge in [0.1, 0.15) is 0 Å². The molecule has 82 valence electrons. The molecule has 0 bridgehead atoms. The predicted octanol–water partition coefficient (Wildman–Crippen LogP) is 0.881. The van der Waals surface area contributed by atoms with Crippen LogP contribution in [-0.4, -0.2) is 27.9 Å². The number of thioether (sulfide) groups is 1. The first-order valence-electron chi connectivity index (χ1n) is 4.79. The second-order valence-electron chi connectivity index (χ2n) is 3.30. The Morgan fingerprint density at radius 2 is 2.33 bits per heavy atom. The summed E-state index contributed by atoms with van der Waals surface area (Å²) in [4.78, 5) is 11.6. The van der Waals surface area contributed by atoms with Gasteiger partial charge in [-0.15, -0.1) is 10.2 Å². The Bertz CT molecular complexity index is 354. The summed E-state index contributed by atoms with van der Waals surface area (Å²) in [5, 5.41) is 10.9. The fourth-order valence-corrected chi connectivity index (χ4v) is 3.36. The predicted molar refractivity (Wildman–Crippen MR) is 60.8 cm³/mol. The van der Waals surface area contributed by atoms with E-state index in [1.807, 2.05) is 0 Å². The Morgan fingerprint density at radius 1 is 1.47 bits per heavy atom. The number of amides is 1. The minimum absolute atomic E-state index is 0.0418. The standard InChI is InChI=1S/C8H12N4OS2/c9-7-11-12-8(15-7)14-5-3-1-2-4-10-6(5)13/h5H,1-4H2,(H2,9,11)(H,10,13)/t5-/m0/s1. The van der Waals surface area contributed by atoms with Gasteiger partial charge in [0.2, 0.25) is 11.0 Å². The van der Waals surface area contributed by atoms with Crippen LogP contribution in [0.3, 0.4) is 0 Å². The molecular formula is C8H12N4OS2. The summed E-state index contributed by atoms with van der Waals surface area (Å²) in [6.45, 7) is 0.786. The molecule has 1 fully saturated rings. The first-order chi connectivity index (χ1) is 7.25. The molecule has 0 unspecified atom stereocenters. The van der Waals surface area contributed by atoms with Crippen molar-refractivity contribution in [2.24, 2.45) is 0 Å². The highest BCUT2D eigenvalue weighted by atomic mass is 32.2. The highest BCUT2D eigenvalue weighted by molar-refractivity contribution is 8.02. The topological polar surface area (TPSA) is 80.9 Å². The monoisotopic (exact) mass is 244 g/mol. The fourth-order valence-electron chi connectivity index (χ4n) is 1.41. The molecule has 0 aromatic carbocycles. The van der Waals surface area contributed by atoms with Crippen molar-refractivity contribution in [3.8, 4) is 0 Å². The van der Waals surface area contributed by atoms with Crippen molar-refractivity contribution < 1.29 is 4.79 Å². The number of carbonyl (C=O) groups is 1. The molecule has 1 saturated heterocycles. The Kier molecular flexibility index (Phi) is 3.42. The molecule has 0 radical (unpaired) electrons. The van der Waals surface area contributed by atoms with Crippen LogP contribution >= 0.6 is 23.1 Å². The summed E-state index contributed by atoms with van der Waals surface area (Å²) in [6, 6.07) is 0. The SMILES string of the molecule is Nc1nnc(S[C@H]2CCCCNC2=O)s1. The zero-order valence-corrected chi connectivity index (χ0v) is 9.74. The number of anilines is 1. The average Bonchev–Trinajstić information content (AvgIpc) is 2.50. The smallest absolute Gasteiger partial charge is 0.233 e. The molecular weight excluding hydrogens is 232 g/mol. The van der Waals surface area contributed by atoms with Crippen LogP contribution in [0.5, 0.6) is 0 Å². The molecule has 2 rings (SSSR count). The lowest BCUT2D eigenvalue weighted by molar-refractivity contribution is -0.120. The Balaban J connectivity index is 2.00. The zero-order valence-electron chi connectivity index (χ0n) is 8.10. The third-order valence-electron chi connectivity index (χ3n) is 2.15. The average molecular weight is 244 g/mol. The van der Waals surface area contributed by atoms with E-state index in [4.69, 9.17) is 5.73 Å². The number of carbonyl (C=O) groups excluding carboxylic acids is 1. The van der Waals surface area contributed by atoms with E-state index in [1.165, 1.54) is 23.1 Å². The van der Waals surface area contributed by atoms with Crippen molar-refractivity contribution in [2.45, 2.75) is 28.9 Å². The largest absolute Gasteiger partial charge is 0.374 e. The van der Waals surface area contributed by atoms with Crippen LogP contribution in [0, 0.1) is 0 Å². The van der Waals surface area contributed by atoms with E-state index in [0.717, 1.165) is 30.1 Å². The number of nitrogens with two attached hydrogens (primary N) is 1. The van der Waals surface area contributed by atoms with Crippen LogP contribution in [0.4, 0.5) is 5.13 Å². The normalized spacial score (nSPS) is 22.1. The van der Waals surface area contributed by atoms with Crippen molar-refractivity contribution in [1.82, 2.24) is 15.5 Å². The summed E-state index contributed by atoms with van der Waals surface area (Å²) in [6.07, 6.45) is 3.03. The van der Waals surface area contributed by atoms with Crippen molar-refractivity contribution in [3.05, 3.63) is 0 Å². The molecule has 1 aromatic rings. The van der Waals surface area contributed by atoms with Crippen LogP contribution in [0.15, 0.2) is 4.34 Å². The molecule has 3 N–H and O–H groups in total. The van der Waals surface area contributed by atoms with Crippen molar-refractivity contribution >= 4 is 34.1 Å². The number of hydrogen-bond donors (Lipinski definition) is 2. The van der Waals surface area contributed by atoms with E-state index in [0.29, 0.717) is 5.13 Å². The molecule has 0 spiro atoms. The third kappa shape index (κ3) is 2.82. The van der Waals surface area contributed by atoms with Crippen LogP contribution < -0.4 is 11.1 Å². The minimum atomic E-state index is -0.0418. The first kappa shape index (κ1) is 10.7. The van der Waals surface area contributed by atoms with Crippen LogP contribution in [0.1, 0.15) is 19.3 Å². The molecule has 2 heterocycles. The zero-order chi connectivity index (χ0) is 10.7. The van der Waals surface area contributed by atoms with E-state index in [2.05, 4.69) is 15.5 Å². The maximum Gasteiger partial charge on any atom is 0.233 e. The van der Waals surface area contributed by atoms with Crippen molar-refractivity contribution in [2.75, 3.05) is 12.3 Å². The molecule has 1 amide bonds. The van der Waals surface area contributed by atoms with Gasteiger partial charge >= 0.3 is 0 Å². The maximum absolute atomic E-state index is 11.6. The number of rotatable bonds is 2. The second kappa shape index (κ2) is 4.80. The van der Waals surface area contributed by atoms with Gasteiger partial charge in [-0.2, -0.15) is 0 Å². The van der Waals surface area contributed by atoms with Gasteiger partial charge in [-0.3, -0.25) is 4.79 Å². The van der Waals surface area contributed by atoms with Gasteiger partial charge in [0.15, 0.2) is 4.34 Å². The van der Waals surface area contributed by atoms with Gasteiger partial charge in [0.05, 0.1) is 5.25 Å². The summed E-state index contributed by atoms with van der Waals surface area (Å²) in [7, 11) is 0. The van der Waals surface area contributed by atoms with Gasteiger partial charge in [-0.1, -0.05) is 29.5 Å². The molecule has 0 aliphatic carbocycles. The van der Waals surface area contributed by atoms with Crippen LogP contribution in [-0.2, 0) is 4.79 Å². The lowest BCUT2D eigenvalue weighted by Gasteiger charge is -2.09. The molecule has 1 atom stereocenters. The minimum Gasteiger partial charge on any atom is -0.374 e. The number of nitrogens with one attached hydrogen (secondary N) is 1. The summed E-state index contributed by atoms with van der Waals surface area (Å²) >= 11 is 2.79. The van der Waals surface area contributed by atoms with E-state index in [-0.39, 0.29) is 11.2 Å². The van der Waals surface area contributed by atoms with E-state index >= 15 is 0 Å². The highest BCUT2D eigenvalue weighted by Gasteiger charge is 2.23. The first-order valence-corrected chi connectivity index (χ1v) is 6.48. The Labute approximate surface area is 95.8 Å². The van der Waals surface area contributed by atoms with Crippen molar-refractivity contribution in [3.63, 3.8) is 0 Å². The van der Waals surface area contributed by atoms with Gasteiger partial charge in [0.25, 0.3) is 0 Å². The molecule has 7 heteroatoms. The highest BCUT2D eigenvalue weighted by Crippen LogP contribution is 2.30. The molecule has 0 saturated carbocycles. The van der Waals surface area contributed by atoms with Gasteiger partial charge in [-0.05, 0) is 12.8 Å². The van der Waals surface area contributed by atoms with Gasteiger partial charge in [-0.25, -0.2) is 0 Å². The summed E-state index contributed by atoms with van der Waals surface area (Å²) in [5.74, 6) is 0.103. The lowest BCUT2D eigenvalue weighted by atomic mass is 10.2. The Hall–Kier alpha value is -0.820. The maximum atomic E-state index is 11.6. The number of hydrogen-bond acceptors (Lipinski definition) is 6.